The molecule has 0 aliphatic heterocycles. The Kier molecular flexibility index (Phi) is 8.00. The van der Waals surface area contributed by atoms with Crippen molar-refractivity contribution in [2.75, 3.05) is 26.2 Å². The van der Waals surface area contributed by atoms with Gasteiger partial charge in [0.1, 0.15) is 12.4 Å². The lowest BCUT2D eigenvalue weighted by Crippen LogP contribution is -2.41. The van der Waals surface area contributed by atoms with E-state index >= 15 is 0 Å². The number of halogens is 3. The lowest BCUT2D eigenvalue weighted by molar-refractivity contribution is 0.0953. The summed E-state index contributed by atoms with van der Waals surface area (Å²) in [6.07, 6.45) is 0. The fourth-order valence-electron chi connectivity index (χ4n) is 2.06. The summed E-state index contributed by atoms with van der Waals surface area (Å²) in [7, 11) is 0. The van der Waals surface area contributed by atoms with Crippen molar-refractivity contribution < 1.29 is 23.1 Å². The highest BCUT2D eigenvalue weighted by Crippen LogP contribution is 2.17. The van der Waals surface area contributed by atoms with Crippen LogP contribution in [0.2, 0.25) is 0 Å². The zero-order valence-corrected chi connectivity index (χ0v) is 15.8. The van der Waals surface area contributed by atoms with Crippen molar-refractivity contribution in [2.24, 2.45) is 0 Å². The molecular formula is C18H18BrF2N3O3. The van der Waals surface area contributed by atoms with E-state index in [4.69, 9.17) is 4.74 Å². The minimum Gasteiger partial charge on any atom is -0.489 e. The van der Waals surface area contributed by atoms with Gasteiger partial charge in [0, 0.05) is 29.2 Å². The highest BCUT2D eigenvalue weighted by molar-refractivity contribution is 9.10. The molecule has 0 bridgehead atoms. The van der Waals surface area contributed by atoms with Crippen LogP contribution in [0.25, 0.3) is 0 Å². The molecule has 27 heavy (non-hydrogen) atoms. The Morgan fingerprint density at radius 2 is 1.70 bits per heavy atom. The largest absolute Gasteiger partial charge is 0.489 e. The number of hydrogen-bond donors (Lipinski definition) is 3. The Labute approximate surface area is 163 Å². The van der Waals surface area contributed by atoms with E-state index in [0.29, 0.717) is 5.56 Å². The number of hydrogen-bond acceptors (Lipinski definition) is 3. The molecule has 2 rings (SSSR count). The maximum Gasteiger partial charge on any atom is 0.314 e. The molecule has 0 aromatic heterocycles. The average molecular weight is 442 g/mol. The van der Waals surface area contributed by atoms with Gasteiger partial charge in [-0.15, -0.1) is 0 Å². The molecule has 0 saturated heterocycles. The highest BCUT2D eigenvalue weighted by Gasteiger charge is 2.06. The molecule has 2 aromatic rings. The number of carbonyl (C=O) groups excluding carboxylic acids is 2. The smallest absolute Gasteiger partial charge is 0.314 e. The highest BCUT2D eigenvalue weighted by atomic mass is 79.9. The van der Waals surface area contributed by atoms with E-state index < -0.39 is 17.7 Å². The minimum atomic E-state index is -0.805. The second-order valence-electron chi connectivity index (χ2n) is 5.37. The van der Waals surface area contributed by atoms with Crippen molar-refractivity contribution in [2.45, 2.75) is 0 Å². The van der Waals surface area contributed by atoms with Gasteiger partial charge in [0.15, 0.2) is 11.6 Å². The lowest BCUT2D eigenvalue weighted by Gasteiger charge is -2.10. The number of carbonyl (C=O) groups is 2. The number of rotatable bonds is 8. The van der Waals surface area contributed by atoms with E-state index in [1.807, 2.05) is 6.07 Å². The SMILES string of the molecule is O=C(NCCNC(=O)c1cccc(Br)c1)NCCOc1ccc(F)cc1F. The molecule has 3 amide bonds. The van der Waals surface area contributed by atoms with E-state index in [1.165, 1.54) is 6.07 Å². The Morgan fingerprint density at radius 3 is 2.44 bits per heavy atom. The normalized spacial score (nSPS) is 10.2. The molecule has 9 heteroatoms. The molecule has 0 saturated carbocycles. The van der Waals surface area contributed by atoms with Gasteiger partial charge in [0.25, 0.3) is 5.91 Å². The number of nitrogens with one attached hydrogen (secondary N) is 3. The molecule has 3 N–H and O–H groups in total. The summed E-state index contributed by atoms with van der Waals surface area (Å²) < 4.78 is 32.0. The lowest BCUT2D eigenvalue weighted by atomic mass is 10.2. The summed E-state index contributed by atoms with van der Waals surface area (Å²) in [5, 5.41) is 7.77. The van der Waals surface area contributed by atoms with Crippen LogP contribution in [0, 0.1) is 11.6 Å². The van der Waals surface area contributed by atoms with Gasteiger partial charge in [0.05, 0.1) is 6.54 Å². The van der Waals surface area contributed by atoms with Crippen LogP contribution in [0.1, 0.15) is 10.4 Å². The van der Waals surface area contributed by atoms with Crippen LogP contribution in [0.15, 0.2) is 46.9 Å². The van der Waals surface area contributed by atoms with Gasteiger partial charge in [-0.2, -0.15) is 0 Å². The summed E-state index contributed by atoms with van der Waals surface area (Å²) in [6, 6.07) is 9.48. The van der Waals surface area contributed by atoms with Crippen LogP contribution in [-0.4, -0.2) is 38.2 Å². The van der Waals surface area contributed by atoms with Crippen LogP contribution in [0.3, 0.4) is 0 Å². The summed E-state index contributed by atoms with van der Waals surface area (Å²) in [5.41, 5.74) is 0.513. The Bertz CT molecular complexity index is 805. The first-order chi connectivity index (χ1) is 13.0. The van der Waals surface area contributed by atoms with Crippen LogP contribution in [-0.2, 0) is 0 Å². The van der Waals surface area contributed by atoms with E-state index in [1.54, 1.807) is 18.2 Å². The molecule has 0 atom stereocenters. The molecule has 0 fully saturated rings. The summed E-state index contributed by atoms with van der Waals surface area (Å²) in [5.74, 6) is -1.83. The van der Waals surface area contributed by atoms with Crippen molar-refractivity contribution in [3.8, 4) is 5.75 Å². The monoisotopic (exact) mass is 441 g/mol. The van der Waals surface area contributed by atoms with Gasteiger partial charge in [0.2, 0.25) is 0 Å². The molecule has 0 aliphatic rings. The Balaban J connectivity index is 1.57. The molecule has 2 aromatic carbocycles. The first-order valence-electron chi connectivity index (χ1n) is 8.09. The topological polar surface area (TPSA) is 79.5 Å². The summed E-state index contributed by atoms with van der Waals surface area (Å²) >= 11 is 3.29. The zero-order valence-electron chi connectivity index (χ0n) is 14.2. The van der Waals surface area contributed by atoms with Gasteiger partial charge in [-0.05, 0) is 30.3 Å². The first kappa shape index (κ1) is 20.6. The Morgan fingerprint density at radius 1 is 0.963 bits per heavy atom. The maximum absolute atomic E-state index is 13.4. The number of benzene rings is 2. The Hall–Kier alpha value is -2.68. The van der Waals surface area contributed by atoms with Gasteiger partial charge >= 0.3 is 6.03 Å². The van der Waals surface area contributed by atoms with Gasteiger partial charge in [-0.1, -0.05) is 22.0 Å². The molecule has 144 valence electrons. The number of ether oxygens (including phenoxy) is 1. The fraction of sp³-hybridized carbons (Fsp3) is 0.222. The average Bonchev–Trinajstić information content (AvgIpc) is 2.63. The van der Waals surface area contributed by atoms with Gasteiger partial charge in [-0.3, -0.25) is 4.79 Å². The van der Waals surface area contributed by atoms with E-state index in [2.05, 4.69) is 31.9 Å². The summed E-state index contributed by atoms with van der Waals surface area (Å²) in [4.78, 5) is 23.5. The van der Waals surface area contributed by atoms with Crippen molar-refractivity contribution in [3.05, 3.63) is 64.1 Å². The quantitative estimate of drug-likeness (QED) is 0.551. The fourth-order valence-corrected chi connectivity index (χ4v) is 2.46. The molecule has 0 heterocycles. The van der Waals surface area contributed by atoms with Crippen molar-refractivity contribution in [1.29, 1.82) is 0 Å². The third kappa shape index (κ3) is 7.22. The van der Waals surface area contributed by atoms with E-state index in [0.717, 1.165) is 16.6 Å². The second-order valence-corrected chi connectivity index (χ2v) is 6.29. The molecule has 0 unspecified atom stereocenters. The molecular weight excluding hydrogens is 424 g/mol. The number of urea groups is 1. The second kappa shape index (κ2) is 10.5. The summed E-state index contributed by atoms with van der Waals surface area (Å²) in [6.45, 7) is 0.651. The number of amides is 3. The predicted octanol–water partition coefficient (Wildman–Crippen LogP) is 2.84. The standard InChI is InChI=1S/C18H18BrF2N3O3/c19-13-3-1-2-12(10-13)17(25)22-6-7-23-18(26)24-8-9-27-16-5-4-14(20)11-15(16)21/h1-5,10-11H,6-9H2,(H,22,25)(H2,23,24,26). The van der Waals surface area contributed by atoms with Crippen molar-refractivity contribution in [3.63, 3.8) is 0 Å². The van der Waals surface area contributed by atoms with Crippen LogP contribution >= 0.6 is 15.9 Å². The molecule has 0 radical (unpaired) electrons. The molecule has 0 aliphatic carbocycles. The minimum absolute atomic E-state index is 0.0234. The van der Waals surface area contributed by atoms with E-state index in [9.17, 15) is 18.4 Å². The third-order valence-corrected chi connectivity index (χ3v) is 3.82. The van der Waals surface area contributed by atoms with Crippen molar-refractivity contribution in [1.82, 2.24) is 16.0 Å². The van der Waals surface area contributed by atoms with Crippen LogP contribution in [0.5, 0.6) is 5.75 Å². The third-order valence-electron chi connectivity index (χ3n) is 3.32. The van der Waals surface area contributed by atoms with E-state index in [-0.39, 0.29) is 37.9 Å². The van der Waals surface area contributed by atoms with Gasteiger partial charge < -0.3 is 20.7 Å². The van der Waals surface area contributed by atoms with Crippen LogP contribution < -0.4 is 20.7 Å². The molecule has 6 nitrogen and oxygen atoms in total. The predicted molar refractivity (Wildman–Crippen MR) is 99.7 cm³/mol. The zero-order chi connectivity index (χ0) is 19.6. The molecule has 0 spiro atoms. The van der Waals surface area contributed by atoms with Gasteiger partial charge in [-0.25, -0.2) is 13.6 Å². The van der Waals surface area contributed by atoms with Crippen molar-refractivity contribution >= 4 is 27.9 Å². The maximum atomic E-state index is 13.4. The van der Waals surface area contributed by atoms with Crippen LogP contribution in [0.4, 0.5) is 13.6 Å². The first-order valence-corrected chi connectivity index (χ1v) is 8.88.